The van der Waals surface area contributed by atoms with Crippen LogP contribution in [0.25, 0.3) is 0 Å². The van der Waals surface area contributed by atoms with Crippen molar-refractivity contribution < 1.29 is 14.2 Å². The van der Waals surface area contributed by atoms with Gasteiger partial charge >= 0.3 is 0 Å². The van der Waals surface area contributed by atoms with Gasteiger partial charge in [0.25, 0.3) is 0 Å². The molecule has 0 radical (unpaired) electrons. The lowest BCUT2D eigenvalue weighted by Crippen LogP contribution is -2.05. The van der Waals surface area contributed by atoms with Crippen LogP contribution in [-0.2, 0) is 0 Å². The van der Waals surface area contributed by atoms with E-state index in [-0.39, 0.29) is 0 Å². The van der Waals surface area contributed by atoms with Crippen LogP contribution in [0.1, 0.15) is 12.0 Å². The molecule has 4 heteroatoms. The third-order valence-electron chi connectivity index (χ3n) is 2.88. The van der Waals surface area contributed by atoms with Crippen molar-refractivity contribution >= 4 is 0 Å². The van der Waals surface area contributed by atoms with Crippen molar-refractivity contribution in [1.29, 1.82) is 5.26 Å². The summed E-state index contributed by atoms with van der Waals surface area (Å²) in [7, 11) is 1.63. The van der Waals surface area contributed by atoms with E-state index in [9.17, 15) is 0 Å². The van der Waals surface area contributed by atoms with Crippen LogP contribution in [-0.4, -0.2) is 20.3 Å². The highest BCUT2D eigenvalue weighted by atomic mass is 16.5. The minimum absolute atomic E-state index is 0.509. The Labute approximate surface area is 124 Å². The normalized spacial score (nSPS) is 9.71. The summed E-state index contributed by atoms with van der Waals surface area (Å²) in [5.41, 5.74) is 0.550. The summed E-state index contributed by atoms with van der Waals surface area (Å²) in [5, 5.41) is 8.95. The number of nitrogens with zero attached hydrogens (tertiary/aromatic N) is 1. The summed E-state index contributed by atoms with van der Waals surface area (Å²) in [6.45, 7) is 1.07. The molecule has 0 aromatic heterocycles. The molecule has 0 atom stereocenters. The third-order valence-corrected chi connectivity index (χ3v) is 2.88. The van der Waals surface area contributed by atoms with Crippen molar-refractivity contribution in [2.75, 3.05) is 20.3 Å². The van der Waals surface area contributed by atoms with Crippen LogP contribution < -0.4 is 14.2 Å². The van der Waals surface area contributed by atoms with Gasteiger partial charge in [-0.1, -0.05) is 12.1 Å². The highest BCUT2D eigenvalue weighted by Gasteiger charge is 2.01. The Balaban J connectivity index is 1.71. The quantitative estimate of drug-likeness (QED) is 0.731. The van der Waals surface area contributed by atoms with Crippen molar-refractivity contribution in [3.05, 3.63) is 54.1 Å². The van der Waals surface area contributed by atoms with Gasteiger partial charge in [-0.25, -0.2) is 0 Å². The lowest BCUT2D eigenvalue weighted by atomic mass is 10.2. The zero-order valence-electron chi connectivity index (χ0n) is 11.9. The molecule has 108 valence electrons. The van der Waals surface area contributed by atoms with E-state index in [0.717, 1.165) is 17.9 Å². The maximum Gasteiger partial charge on any atom is 0.137 e. The highest BCUT2D eigenvalue weighted by molar-refractivity contribution is 5.42. The zero-order chi connectivity index (χ0) is 14.9. The van der Waals surface area contributed by atoms with Gasteiger partial charge < -0.3 is 14.2 Å². The smallest absolute Gasteiger partial charge is 0.137 e. The minimum atomic E-state index is 0.509. The van der Waals surface area contributed by atoms with E-state index < -0.39 is 0 Å². The topological polar surface area (TPSA) is 51.5 Å². The summed E-state index contributed by atoms with van der Waals surface area (Å²) in [4.78, 5) is 0. The molecule has 0 unspecified atom stereocenters. The average Bonchev–Trinajstić information content (AvgIpc) is 2.55. The number of hydrogen-bond acceptors (Lipinski definition) is 4. The number of rotatable bonds is 7. The van der Waals surface area contributed by atoms with E-state index >= 15 is 0 Å². The maximum absolute atomic E-state index is 8.95. The molecule has 0 heterocycles. The van der Waals surface area contributed by atoms with Gasteiger partial charge in [-0.15, -0.1) is 0 Å². The first-order chi connectivity index (χ1) is 10.3. The van der Waals surface area contributed by atoms with Crippen LogP contribution in [0.5, 0.6) is 17.2 Å². The van der Waals surface area contributed by atoms with E-state index in [0.29, 0.717) is 24.5 Å². The summed E-state index contributed by atoms with van der Waals surface area (Å²) in [6, 6.07) is 16.8. The molecule has 2 aromatic carbocycles. The fourth-order valence-electron chi connectivity index (χ4n) is 1.79. The number of para-hydroxylation sites is 1. The zero-order valence-corrected chi connectivity index (χ0v) is 11.9. The van der Waals surface area contributed by atoms with E-state index in [2.05, 4.69) is 6.07 Å². The number of hydrogen-bond donors (Lipinski definition) is 0. The first-order valence-corrected chi connectivity index (χ1v) is 6.72. The SMILES string of the molecule is COc1ccc(OCCCOc2ccccc2C#N)cc1. The van der Waals surface area contributed by atoms with Gasteiger partial charge in [0.2, 0.25) is 0 Å². The average molecular weight is 283 g/mol. The first kappa shape index (κ1) is 14.7. The second-order valence-electron chi connectivity index (χ2n) is 4.33. The molecule has 0 aliphatic heterocycles. The van der Waals surface area contributed by atoms with Crippen molar-refractivity contribution in [2.45, 2.75) is 6.42 Å². The van der Waals surface area contributed by atoms with Crippen molar-refractivity contribution in [1.82, 2.24) is 0 Å². The van der Waals surface area contributed by atoms with Gasteiger partial charge in [0.1, 0.15) is 23.3 Å². The van der Waals surface area contributed by atoms with E-state index in [1.54, 1.807) is 19.2 Å². The predicted molar refractivity (Wildman–Crippen MR) is 79.8 cm³/mol. The molecule has 4 nitrogen and oxygen atoms in total. The number of nitriles is 1. The maximum atomic E-state index is 8.95. The molecule has 0 N–H and O–H groups in total. The molecule has 2 rings (SSSR count). The van der Waals surface area contributed by atoms with Gasteiger partial charge in [-0.2, -0.15) is 5.26 Å². The lowest BCUT2D eigenvalue weighted by molar-refractivity contribution is 0.247. The Morgan fingerprint density at radius 3 is 2.29 bits per heavy atom. The Morgan fingerprint density at radius 2 is 1.57 bits per heavy atom. The van der Waals surface area contributed by atoms with Gasteiger partial charge in [0, 0.05) is 6.42 Å². The Hall–Kier alpha value is -2.67. The largest absolute Gasteiger partial charge is 0.497 e. The molecule has 0 aliphatic carbocycles. The molecule has 0 saturated carbocycles. The fourth-order valence-corrected chi connectivity index (χ4v) is 1.79. The Bertz CT molecular complexity index is 602. The van der Waals surface area contributed by atoms with Crippen molar-refractivity contribution in [3.8, 4) is 23.3 Å². The number of benzene rings is 2. The van der Waals surface area contributed by atoms with Gasteiger partial charge in [-0.3, -0.25) is 0 Å². The van der Waals surface area contributed by atoms with Crippen LogP contribution >= 0.6 is 0 Å². The summed E-state index contributed by atoms with van der Waals surface area (Å²) >= 11 is 0. The molecule has 0 fully saturated rings. The summed E-state index contributed by atoms with van der Waals surface area (Å²) < 4.78 is 16.3. The van der Waals surface area contributed by atoms with Crippen LogP contribution in [0, 0.1) is 11.3 Å². The van der Waals surface area contributed by atoms with Crippen LogP contribution in [0.15, 0.2) is 48.5 Å². The van der Waals surface area contributed by atoms with Crippen LogP contribution in [0.2, 0.25) is 0 Å². The van der Waals surface area contributed by atoms with Crippen LogP contribution in [0.3, 0.4) is 0 Å². The van der Waals surface area contributed by atoms with Crippen molar-refractivity contribution in [3.63, 3.8) is 0 Å². The number of methoxy groups -OCH3 is 1. The van der Waals surface area contributed by atoms with Gasteiger partial charge in [0.05, 0.1) is 25.9 Å². The standard InChI is InChI=1S/C17H17NO3/c1-19-15-7-9-16(10-8-15)20-11-4-12-21-17-6-3-2-5-14(17)13-18/h2-3,5-10H,4,11-12H2,1H3. The first-order valence-electron chi connectivity index (χ1n) is 6.72. The summed E-state index contributed by atoms with van der Waals surface area (Å²) in [6.07, 6.45) is 0.742. The fraction of sp³-hybridized carbons (Fsp3) is 0.235. The molecule has 0 saturated heterocycles. The minimum Gasteiger partial charge on any atom is -0.497 e. The molecular formula is C17H17NO3. The molecule has 0 aliphatic rings. The number of ether oxygens (including phenoxy) is 3. The third kappa shape index (κ3) is 4.43. The second kappa shape index (κ2) is 7.81. The van der Waals surface area contributed by atoms with Gasteiger partial charge in [-0.05, 0) is 36.4 Å². The molecule has 0 amide bonds. The Kier molecular flexibility index (Phi) is 5.48. The van der Waals surface area contributed by atoms with Crippen LogP contribution in [0.4, 0.5) is 0 Å². The molecule has 0 spiro atoms. The van der Waals surface area contributed by atoms with E-state index in [1.165, 1.54) is 0 Å². The van der Waals surface area contributed by atoms with E-state index in [4.69, 9.17) is 19.5 Å². The Morgan fingerprint density at radius 1 is 0.905 bits per heavy atom. The molecule has 21 heavy (non-hydrogen) atoms. The monoisotopic (exact) mass is 283 g/mol. The van der Waals surface area contributed by atoms with E-state index in [1.807, 2.05) is 36.4 Å². The molecule has 2 aromatic rings. The van der Waals surface area contributed by atoms with Crippen molar-refractivity contribution in [2.24, 2.45) is 0 Å². The molecular weight excluding hydrogens is 266 g/mol. The second-order valence-corrected chi connectivity index (χ2v) is 4.33. The van der Waals surface area contributed by atoms with Gasteiger partial charge in [0.15, 0.2) is 0 Å². The lowest BCUT2D eigenvalue weighted by Gasteiger charge is -2.09. The highest BCUT2D eigenvalue weighted by Crippen LogP contribution is 2.18. The molecule has 0 bridgehead atoms. The summed E-state index contributed by atoms with van der Waals surface area (Å²) in [5.74, 6) is 2.22. The predicted octanol–water partition coefficient (Wildman–Crippen LogP) is 3.41.